The van der Waals surface area contributed by atoms with Crippen LogP contribution in [0, 0.1) is 18.7 Å². The topological polar surface area (TPSA) is 81.5 Å². The fourth-order valence-corrected chi connectivity index (χ4v) is 6.63. The molecule has 0 radical (unpaired) electrons. The standard InChI is InChI=1S/C23H26FN3O4S2/c1-4-31-23(28)17-9-11-27(12-10-17)33(29,30)21-13-20(26(3)15(21)2)22-25-19(14-32-22)16-5-7-18(24)8-6-16/h5-8,13-14,17H,4,9-12H2,1-3H3. The van der Waals surface area contributed by atoms with Crippen molar-refractivity contribution in [2.24, 2.45) is 13.0 Å². The zero-order chi connectivity index (χ0) is 23.8. The van der Waals surface area contributed by atoms with Gasteiger partial charge in [0.25, 0.3) is 0 Å². The van der Waals surface area contributed by atoms with Gasteiger partial charge >= 0.3 is 5.97 Å². The number of carbonyl (C=O) groups is 1. The fourth-order valence-electron chi connectivity index (χ4n) is 4.01. The summed E-state index contributed by atoms with van der Waals surface area (Å²) in [5.41, 5.74) is 2.82. The molecule has 3 aromatic rings. The SMILES string of the molecule is CCOC(=O)C1CCN(S(=O)(=O)c2cc(-c3nc(-c4ccc(F)cc4)cs3)n(C)c2C)CC1. The average Bonchev–Trinajstić information content (AvgIpc) is 3.40. The molecule has 176 valence electrons. The van der Waals surface area contributed by atoms with Crippen molar-refractivity contribution in [1.29, 1.82) is 0 Å². The average molecular weight is 492 g/mol. The summed E-state index contributed by atoms with van der Waals surface area (Å²) in [6.07, 6.45) is 0.897. The minimum Gasteiger partial charge on any atom is -0.466 e. The predicted molar refractivity (Wildman–Crippen MR) is 125 cm³/mol. The number of rotatable bonds is 6. The number of benzene rings is 1. The van der Waals surface area contributed by atoms with Crippen LogP contribution in [0.5, 0.6) is 0 Å². The van der Waals surface area contributed by atoms with Gasteiger partial charge in [-0.2, -0.15) is 4.31 Å². The molecule has 0 amide bonds. The number of hydrogen-bond acceptors (Lipinski definition) is 6. The lowest BCUT2D eigenvalue weighted by Crippen LogP contribution is -2.40. The monoisotopic (exact) mass is 491 g/mol. The maximum atomic E-state index is 13.4. The summed E-state index contributed by atoms with van der Waals surface area (Å²) < 4.78 is 48.4. The number of carbonyl (C=O) groups excluding carboxylic acids is 1. The number of sulfonamides is 1. The third-order valence-corrected chi connectivity index (χ3v) is 8.92. The number of hydrogen-bond donors (Lipinski definition) is 0. The van der Waals surface area contributed by atoms with Crippen molar-refractivity contribution in [2.75, 3.05) is 19.7 Å². The highest BCUT2D eigenvalue weighted by molar-refractivity contribution is 7.89. The van der Waals surface area contributed by atoms with Gasteiger partial charge in [-0.15, -0.1) is 11.3 Å². The number of ether oxygens (including phenoxy) is 1. The highest BCUT2D eigenvalue weighted by Gasteiger charge is 2.35. The number of nitrogens with zero attached hydrogens (tertiary/aromatic N) is 3. The van der Waals surface area contributed by atoms with Crippen LogP contribution in [0.3, 0.4) is 0 Å². The Kier molecular flexibility index (Phi) is 6.69. The van der Waals surface area contributed by atoms with Gasteiger partial charge in [0.05, 0.1) is 23.9 Å². The highest BCUT2D eigenvalue weighted by atomic mass is 32.2. The quantitative estimate of drug-likeness (QED) is 0.482. The Morgan fingerprint density at radius 2 is 1.91 bits per heavy atom. The van der Waals surface area contributed by atoms with Crippen molar-refractivity contribution in [3.63, 3.8) is 0 Å². The molecule has 4 rings (SSSR count). The van der Waals surface area contributed by atoms with E-state index in [9.17, 15) is 17.6 Å². The van der Waals surface area contributed by atoms with Crippen LogP contribution in [0.25, 0.3) is 22.0 Å². The molecule has 1 aliphatic rings. The maximum absolute atomic E-state index is 13.4. The van der Waals surface area contributed by atoms with Crippen molar-refractivity contribution in [2.45, 2.75) is 31.6 Å². The first-order chi connectivity index (χ1) is 15.7. The molecular formula is C23H26FN3O4S2. The lowest BCUT2D eigenvalue weighted by Gasteiger charge is -2.30. The van der Waals surface area contributed by atoms with Crippen LogP contribution in [0.4, 0.5) is 4.39 Å². The summed E-state index contributed by atoms with van der Waals surface area (Å²) in [4.78, 5) is 16.9. The summed E-state index contributed by atoms with van der Waals surface area (Å²) in [7, 11) is -1.90. The lowest BCUT2D eigenvalue weighted by molar-refractivity contribution is -0.149. The van der Waals surface area contributed by atoms with E-state index in [1.54, 1.807) is 32.0 Å². The second-order valence-electron chi connectivity index (χ2n) is 8.01. The molecule has 0 unspecified atom stereocenters. The zero-order valence-corrected chi connectivity index (χ0v) is 20.4. The molecule has 0 atom stereocenters. The zero-order valence-electron chi connectivity index (χ0n) is 18.7. The van der Waals surface area contributed by atoms with Gasteiger partial charge in [0.1, 0.15) is 15.7 Å². The summed E-state index contributed by atoms with van der Waals surface area (Å²) in [6.45, 7) is 4.42. The van der Waals surface area contributed by atoms with Crippen LogP contribution in [0.2, 0.25) is 0 Å². The molecule has 1 aliphatic heterocycles. The third kappa shape index (κ3) is 4.60. The fraction of sp³-hybridized carbons (Fsp3) is 0.391. The van der Waals surface area contributed by atoms with Crippen LogP contribution in [-0.4, -0.2) is 47.9 Å². The smallest absolute Gasteiger partial charge is 0.309 e. The van der Waals surface area contributed by atoms with Crippen molar-refractivity contribution < 1.29 is 22.3 Å². The summed E-state index contributed by atoms with van der Waals surface area (Å²) >= 11 is 1.41. The molecule has 0 aliphatic carbocycles. The van der Waals surface area contributed by atoms with E-state index in [1.807, 2.05) is 17.0 Å². The van der Waals surface area contributed by atoms with Gasteiger partial charge in [-0.05, 0) is 57.0 Å². The van der Waals surface area contributed by atoms with Gasteiger partial charge in [-0.1, -0.05) is 0 Å². The largest absolute Gasteiger partial charge is 0.466 e. The Bertz CT molecular complexity index is 1260. The van der Waals surface area contributed by atoms with Crippen molar-refractivity contribution >= 4 is 27.3 Å². The van der Waals surface area contributed by atoms with Crippen LogP contribution in [0.15, 0.2) is 40.6 Å². The van der Waals surface area contributed by atoms with Crippen LogP contribution in [-0.2, 0) is 26.6 Å². The van der Waals surface area contributed by atoms with Gasteiger partial charge in [0, 0.05) is 36.8 Å². The Morgan fingerprint density at radius 3 is 2.55 bits per heavy atom. The highest BCUT2D eigenvalue weighted by Crippen LogP contribution is 2.34. The minimum atomic E-state index is -3.72. The molecule has 33 heavy (non-hydrogen) atoms. The second kappa shape index (κ2) is 9.36. The van der Waals surface area contributed by atoms with E-state index in [-0.39, 0.29) is 35.7 Å². The maximum Gasteiger partial charge on any atom is 0.309 e. The first-order valence-electron chi connectivity index (χ1n) is 10.8. The number of esters is 1. The van der Waals surface area contributed by atoms with Gasteiger partial charge in [0.2, 0.25) is 10.0 Å². The van der Waals surface area contributed by atoms with E-state index in [0.29, 0.717) is 41.5 Å². The summed E-state index contributed by atoms with van der Waals surface area (Å²) in [5, 5.41) is 2.56. The normalized spacial score (nSPS) is 15.6. The minimum absolute atomic E-state index is 0.244. The van der Waals surface area contributed by atoms with Crippen molar-refractivity contribution in [3.8, 4) is 22.0 Å². The molecular weight excluding hydrogens is 465 g/mol. The van der Waals surface area contributed by atoms with Crippen LogP contribution in [0.1, 0.15) is 25.5 Å². The lowest BCUT2D eigenvalue weighted by atomic mass is 9.98. The van der Waals surface area contributed by atoms with Gasteiger partial charge in [0.15, 0.2) is 0 Å². The first-order valence-corrected chi connectivity index (χ1v) is 13.1. The molecule has 7 nitrogen and oxygen atoms in total. The van der Waals surface area contributed by atoms with Gasteiger partial charge in [-0.25, -0.2) is 17.8 Å². The second-order valence-corrected chi connectivity index (χ2v) is 10.8. The molecule has 1 saturated heterocycles. The molecule has 3 heterocycles. The Morgan fingerprint density at radius 1 is 1.24 bits per heavy atom. The van der Waals surface area contributed by atoms with Gasteiger partial charge in [-0.3, -0.25) is 4.79 Å². The molecule has 0 bridgehead atoms. The van der Waals surface area contributed by atoms with E-state index < -0.39 is 10.0 Å². The summed E-state index contributed by atoms with van der Waals surface area (Å²) in [6, 6.07) is 7.77. The van der Waals surface area contributed by atoms with E-state index >= 15 is 0 Å². The number of halogens is 1. The molecule has 1 aromatic carbocycles. The molecule has 0 N–H and O–H groups in total. The third-order valence-electron chi connectivity index (χ3n) is 6.04. The van der Waals surface area contributed by atoms with Crippen LogP contribution < -0.4 is 0 Å². The molecule has 0 spiro atoms. The molecule has 0 saturated carbocycles. The number of thiazole rings is 1. The summed E-state index contributed by atoms with van der Waals surface area (Å²) in [5.74, 6) is -0.828. The Labute approximate surface area is 196 Å². The molecule has 1 fully saturated rings. The van der Waals surface area contributed by atoms with E-state index in [4.69, 9.17) is 4.74 Å². The van der Waals surface area contributed by atoms with Crippen LogP contribution >= 0.6 is 11.3 Å². The van der Waals surface area contributed by atoms with E-state index in [1.165, 1.54) is 27.8 Å². The van der Waals surface area contributed by atoms with E-state index in [0.717, 1.165) is 5.56 Å². The van der Waals surface area contributed by atoms with E-state index in [2.05, 4.69) is 4.98 Å². The first kappa shape index (κ1) is 23.6. The number of aromatic nitrogens is 2. The van der Waals surface area contributed by atoms with Crippen molar-refractivity contribution in [1.82, 2.24) is 13.9 Å². The molecule has 2 aromatic heterocycles. The van der Waals surface area contributed by atoms with Crippen molar-refractivity contribution in [3.05, 3.63) is 47.2 Å². The molecule has 10 heteroatoms. The Hall–Kier alpha value is -2.56. The predicted octanol–water partition coefficient (Wildman–Crippen LogP) is 4.23. The van der Waals surface area contributed by atoms with Gasteiger partial charge < -0.3 is 9.30 Å². The number of piperidine rings is 1. The Balaban J connectivity index is 1.57.